The number of aryl methyl sites for hydroxylation is 1. The van der Waals surface area contributed by atoms with Gasteiger partial charge in [-0.05, 0) is 49.4 Å². The predicted molar refractivity (Wildman–Crippen MR) is 89.3 cm³/mol. The Kier molecular flexibility index (Phi) is 3.89. The van der Waals surface area contributed by atoms with E-state index >= 15 is 0 Å². The average Bonchev–Trinajstić information content (AvgIpc) is 3.02. The molecule has 3 heterocycles. The number of carbonyl (C=O) groups is 1. The number of benzene rings is 1. The number of rotatable bonds is 2. The molecule has 1 atom stereocenters. The van der Waals surface area contributed by atoms with Crippen LogP contribution in [0.4, 0.5) is 5.69 Å². The summed E-state index contributed by atoms with van der Waals surface area (Å²) in [6.45, 7) is 2.50. The fourth-order valence-electron chi connectivity index (χ4n) is 4.01. The summed E-state index contributed by atoms with van der Waals surface area (Å²) in [4.78, 5) is 11.8. The molecular formula is C17H22N2O4S. The molecule has 3 aliphatic heterocycles. The van der Waals surface area contributed by atoms with Gasteiger partial charge in [-0.3, -0.25) is 4.79 Å². The lowest BCUT2D eigenvalue weighted by Crippen LogP contribution is -2.46. The number of anilines is 1. The second-order valence-electron chi connectivity index (χ2n) is 7.11. The van der Waals surface area contributed by atoms with Crippen molar-refractivity contribution in [3.05, 3.63) is 23.8 Å². The Balaban J connectivity index is 1.61. The molecular weight excluding hydrogens is 328 g/mol. The first-order chi connectivity index (χ1) is 11.5. The van der Waals surface area contributed by atoms with Crippen LogP contribution in [0.1, 0.15) is 31.2 Å². The van der Waals surface area contributed by atoms with E-state index in [9.17, 15) is 13.2 Å². The lowest BCUT2D eigenvalue weighted by Gasteiger charge is -2.38. The van der Waals surface area contributed by atoms with Gasteiger partial charge in [0.2, 0.25) is 15.9 Å². The Morgan fingerprint density at radius 1 is 1.21 bits per heavy atom. The van der Waals surface area contributed by atoms with Crippen molar-refractivity contribution in [1.29, 1.82) is 0 Å². The van der Waals surface area contributed by atoms with E-state index in [2.05, 4.69) is 5.32 Å². The largest absolute Gasteiger partial charge is 0.381 e. The summed E-state index contributed by atoms with van der Waals surface area (Å²) in [5.41, 5.74) is 1.61. The van der Waals surface area contributed by atoms with Crippen molar-refractivity contribution >= 4 is 21.6 Å². The minimum Gasteiger partial charge on any atom is -0.381 e. The number of nitrogens with one attached hydrogen (secondary N) is 1. The summed E-state index contributed by atoms with van der Waals surface area (Å²) in [5.74, 6) is -0.0164. The van der Waals surface area contributed by atoms with E-state index in [1.807, 2.05) is 0 Å². The SMILES string of the molecule is O=C1CCc2cc(S(=O)(=O)N3CCCC4(CCOC4)C3)ccc2N1. The van der Waals surface area contributed by atoms with Crippen LogP contribution in [0.15, 0.2) is 23.1 Å². The van der Waals surface area contributed by atoms with E-state index in [4.69, 9.17) is 4.74 Å². The molecule has 2 saturated heterocycles. The lowest BCUT2D eigenvalue weighted by atomic mass is 9.80. The molecule has 0 bridgehead atoms. The lowest BCUT2D eigenvalue weighted by molar-refractivity contribution is -0.116. The first-order valence-corrected chi connectivity index (χ1v) is 9.93. The molecule has 1 aromatic rings. The number of fused-ring (bicyclic) bond motifs is 1. The van der Waals surface area contributed by atoms with E-state index in [0.717, 1.165) is 37.1 Å². The quantitative estimate of drug-likeness (QED) is 0.882. The highest BCUT2D eigenvalue weighted by atomic mass is 32.2. The monoisotopic (exact) mass is 350 g/mol. The minimum atomic E-state index is -3.51. The third-order valence-electron chi connectivity index (χ3n) is 5.42. The van der Waals surface area contributed by atoms with Gasteiger partial charge in [0.1, 0.15) is 0 Å². The molecule has 6 nitrogen and oxygen atoms in total. The number of hydrogen-bond acceptors (Lipinski definition) is 4. The molecule has 1 aromatic carbocycles. The Morgan fingerprint density at radius 3 is 2.88 bits per heavy atom. The zero-order chi connectivity index (χ0) is 16.8. The van der Waals surface area contributed by atoms with E-state index in [1.54, 1.807) is 22.5 Å². The van der Waals surface area contributed by atoms with Crippen molar-refractivity contribution in [3.8, 4) is 0 Å². The Labute approximate surface area is 142 Å². The molecule has 1 amide bonds. The predicted octanol–water partition coefficient (Wildman–Crippen LogP) is 1.76. The molecule has 1 N–H and O–H groups in total. The van der Waals surface area contributed by atoms with Gasteiger partial charge in [-0.25, -0.2) is 8.42 Å². The fourth-order valence-corrected chi connectivity index (χ4v) is 5.65. The summed E-state index contributed by atoms with van der Waals surface area (Å²) >= 11 is 0. The summed E-state index contributed by atoms with van der Waals surface area (Å²) in [6, 6.07) is 5.03. The molecule has 24 heavy (non-hydrogen) atoms. The number of piperidine rings is 1. The number of nitrogens with zero attached hydrogens (tertiary/aromatic N) is 1. The van der Waals surface area contributed by atoms with Crippen LogP contribution in [0.5, 0.6) is 0 Å². The first kappa shape index (κ1) is 16.1. The number of carbonyl (C=O) groups excluding carboxylic acids is 1. The van der Waals surface area contributed by atoms with E-state index < -0.39 is 10.0 Å². The maximum absolute atomic E-state index is 13.1. The van der Waals surface area contributed by atoms with Crippen LogP contribution in [0.3, 0.4) is 0 Å². The zero-order valence-electron chi connectivity index (χ0n) is 13.6. The highest BCUT2D eigenvalue weighted by Gasteiger charge is 2.42. The van der Waals surface area contributed by atoms with Gasteiger partial charge >= 0.3 is 0 Å². The molecule has 3 aliphatic rings. The van der Waals surface area contributed by atoms with Crippen LogP contribution in [0.2, 0.25) is 0 Å². The number of amides is 1. The van der Waals surface area contributed by atoms with Gasteiger partial charge < -0.3 is 10.1 Å². The van der Waals surface area contributed by atoms with Gasteiger partial charge in [-0.2, -0.15) is 4.31 Å². The van der Waals surface area contributed by atoms with Gasteiger partial charge in [-0.1, -0.05) is 0 Å². The van der Waals surface area contributed by atoms with Crippen LogP contribution < -0.4 is 5.32 Å². The molecule has 130 valence electrons. The molecule has 0 radical (unpaired) electrons. The van der Waals surface area contributed by atoms with Crippen LogP contribution in [-0.2, 0) is 26.0 Å². The maximum Gasteiger partial charge on any atom is 0.243 e. The fraction of sp³-hybridized carbons (Fsp3) is 0.588. The minimum absolute atomic E-state index is 0.00645. The van der Waals surface area contributed by atoms with Crippen molar-refractivity contribution < 1.29 is 17.9 Å². The highest BCUT2D eigenvalue weighted by molar-refractivity contribution is 7.89. The normalized spacial score (nSPS) is 27.9. The van der Waals surface area contributed by atoms with E-state index in [0.29, 0.717) is 37.4 Å². The van der Waals surface area contributed by atoms with Crippen molar-refractivity contribution in [2.24, 2.45) is 5.41 Å². The summed E-state index contributed by atoms with van der Waals surface area (Å²) in [7, 11) is -3.51. The van der Waals surface area contributed by atoms with E-state index in [-0.39, 0.29) is 11.3 Å². The van der Waals surface area contributed by atoms with E-state index in [1.165, 1.54) is 0 Å². The molecule has 7 heteroatoms. The topological polar surface area (TPSA) is 75.7 Å². The summed E-state index contributed by atoms with van der Waals surface area (Å²) in [5, 5.41) is 2.79. The van der Waals surface area contributed by atoms with Crippen LogP contribution in [0, 0.1) is 5.41 Å². The van der Waals surface area contributed by atoms with Crippen LogP contribution >= 0.6 is 0 Å². The summed E-state index contributed by atoms with van der Waals surface area (Å²) in [6.07, 6.45) is 3.84. The number of ether oxygens (including phenoxy) is 1. The highest BCUT2D eigenvalue weighted by Crippen LogP contribution is 2.39. The third kappa shape index (κ3) is 2.74. The Morgan fingerprint density at radius 2 is 2.08 bits per heavy atom. The van der Waals surface area contributed by atoms with Gasteiger partial charge in [0.25, 0.3) is 0 Å². The van der Waals surface area contributed by atoms with Crippen molar-refractivity contribution in [2.45, 2.75) is 37.0 Å². The molecule has 0 aromatic heterocycles. The molecule has 1 spiro atoms. The average molecular weight is 350 g/mol. The number of hydrogen-bond donors (Lipinski definition) is 1. The van der Waals surface area contributed by atoms with Crippen molar-refractivity contribution in [1.82, 2.24) is 4.31 Å². The Hall–Kier alpha value is -1.44. The smallest absolute Gasteiger partial charge is 0.243 e. The van der Waals surface area contributed by atoms with Gasteiger partial charge in [-0.15, -0.1) is 0 Å². The van der Waals surface area contributed by atoms with Crippen molar-refractivity contribution in [2.75, 3.05) is 31.6 Å². The second-order valence-corrected chi connectivity index (χ2v) is 9.05. The zero-order valence-corrected chi connectivity index (χ0v) is 14.4. The van der Waals surface area contributed by atoms with Gasteiger partial charge in [0.05, 0.1) is 11.5 Å². The molecule has 0 aliphatic carbocycles. The standard InChI is InChI=1S/C17H22N2O4S/c20-16-5-2-13-10-14(3-4-15(13)18-16)24(21,22)19-8-1-6-17(11-19)7-9-23-12-17/h3-4,10H,1-2,5-9,11-12H2,(H,18,20). The molecule has 4 rings (SSSR count). The van der Waals surface area contributed by atoms with Crippen LogP contribution in [0.25, 0.3) is 0 Å². The second kappa shape index (κ2) is 5.82. The molecule has 1 unspecified atom stereocenters. The molecule has 0 saturated carbocycles. The third-order valence-corrected chi connectivity index (χ3v) is 7.26. The summed E-state index contributed by atoms with van der Waals surface area (Å²) < 4.78 is 33.3. The first-order valence-electron chi connectivity index (χ1n) is 8.49. The number of sulfonamides is 1. The van der Waals surface area contributed by atoms with Gasteiger partial charge in [0, 0.05) is 37.2 Å². The van der Waals surface area contributed by atoms with Crippen LogP contribution in [-0.4, -0.2) is 44.9 Å². The van der Waals surface area contributed by atoms with Gasteiger partial charge in [0.15, 0.2) is 0 Å². The molecule has 2 fully saturated rings. The Bertz CT molecular complexity index is 769. The van der Waals surface area contributed by atoms with Crippen molar-refractivity contribution in [3.63, 3.8) is 0 Å². The maximum atomic E-state index is 13.1.